The highest BCUT2D eigenvalue weighted by Crippen LogP contribution is 2.29. The van der Waals surface area contributed by atoms with E-state index in [1.54, 1.807) is 14.7 Å². The van der Waals surface area contributed by atoms with Gasteiger partial charge in [-0.2, -0.15) is 0 Å². The second kappa shape index (κ2) is 7.76. The second-order valence-corrected chi connectivity index (χ2v) is 6.82. The highest BCUT2D eigenvalue weighted by molar-refractivity contribution is 5.89. The van der Waals surface area contributed by atoms with E-state index in [1.165, 1.54) is 7.11 Å². The predicted molar refractivity (Wildman–Crippen MR) is 95.2 cm³/mol. The van der Waals surface area contributed by atoms with Gasteiger partial charge >= 0.3 is 6.09 Å². The van der Waals surface area contributed by atoms with E-state index in [1.807, 2.05) is 37.3 Å². The van der Waals surface area contributed by atoms with Crippen LogP contribution in [0.4, 0.5) is 4.79 Å². The Labute approximate surface area is 153 Å². The lowest BCUT2D eigenvalue weighted by atomic mass is 10.1. The first-order valence-corrected chi connectivity index (χ1v) is 8.97. The van der Waals surface area contributed by atoms with Gasteiger partial charge in [-0.1, -0.05) is 30.3 Å². The van der Waals surface area contributed by atoms with Crippen molar-refractivity contribution in [3.63, 3.8) is 0 Å². The Morgan fingerprint density at radius 2 is 1.69 bits per heavy atom. The third-order valence-electron chi connectivity index (χ3n) is 5.28. The summed E-state index contributed by atoms with van der Waals surface area (Å²) in [4.78, 5) is 41.9. The molecule has 2 heterocycles. The first kappa shape index (κ1) is 18.2. The van der Waals surface area contributed by atoms with E-state index in [0.29, 0.717) is 32.7 Å². The molecule has 3 rings (SSSR count). The quantitative estimate of drug-likeness (QED) is 0.820. The molecule has 0 radical (unpaired) electrons. The van der Waals surface area contributed by atoms with Crippen LogP contribution in [0, 0.1) is 5.92 Å². The van der Waals surface area contributed by atoms with Crippen molar-refractivity contribution in [3.8, 4) is 0 Å². The summed E-state index contributed by atoms with van der Waals surface area (Å²) in [6.45, 7) is 4.33. The molecule has 7 nitrogen and oxygen atoms in total. The summed E-state index contributed by atoms with van der Waals surface area (Å²) in [6, 6.07) is 9.81. The largest absolute Gasteiger partial charge is 0.453 e. The summed E-state index contributed by atoms with van der Waals surface area (Å²) in [7, 11) is 1.35. The maximum absolute atomic E-state index is 12.8. The van der Waals surface area contributed by atoms with Crippen LogP contribution < -0.4 is 0 Å². The van der Waals surface area contributed by atoms with E-state index in [4.69, 9.17) is 4.74 Å². The number of nitrogens with zero attached hydrogens (tertiary/aromatic N) is 3. The normalized spacial score (nSPS) is 21.7. The molecule has 0 N–H and O–H groups in total. The predicted octanol–water partition coefficient (Wildman–Crippen LogP) is 1.51. The number of carbonyl (C=O) groups excluding carboxylic acids is 3. The Morgan fingerprint density at radius 1 is 1.08 bits per heavy atom. The first-order valence-electron chi connectivity index (χ1n) is 8.97. The fourth-order valence-corrected chi connectivity index (χ4v) is 3.68. The number of carbonyl (C=O) groups is 3. The van der Waals surface area contributed by atoms with Crippen LogP contribution in [-0.2, 0) is 14.3 Å². The summed E-state index contributed by atoms with van der Waals surface area (Å²) in [6.07, 6.45) is -0.108. The van der Waals surface area contributed by atoms with Gasteiger partial charge in [0.1, 0.15) is 0 Å². The molecule has 2 unspecified atom stereocenters. The van der Waals surface area contributed by atoms with Crippen LogP contribution in [0.25, 0.3) is 0 Å². The van der Waals surface area contributed by atoms with Gasteiger partial charge in [0, 0.05) is 39.1 Å². The van der Waals surface area contributed by atoms with Gasteiger partial charge in [0.05, 0.1) is 19.1 Å². The molecule has 1 aromatic rings. The van der Waals surface area contributed by atoms with Crippen molar-refractivity contribution in [2.75, 3.05) is 39.8 Å². The zero-order valence-corrected chi connectivity index (χ0v) is 15.3. The molecule has 0 saturated carbocycles. The molecule has 2 aliphatic rings. The Kier molecular flexibility index (Phi) is 5.44. The lowest BCUT2D eigenvalue weighted by Crippen LogP contribution is -2.52. The highest BCUT2D eigenvalue weighted by atomic mass is 16.5. The van der Waals surface area contributed by atoms with Gasteiger partial charge in [-0.05, 0) is 12.5 Å². The number of likely N-dealkylation sites (tertiary alicyclic amines) is 1. The number of hydrogen-bond acceptors (Lipinski definition) is 4. The van der Waals surface area contributed by atoms with Crippen molar-refractivity contribution in [3.05, 3.63) is 35.9 Å². The third-order valence-corrected chi connectivity index (χ3v) is 5.28. The van der Waals surface area contributed by atoms with Crippen LogP contribution in [-0.4, -0.2) is 72.4 Å². The maximum atomic E-state index is 12.8. The zero-order chi connectivity index (χ0) is 18.7. The SMILES string of the molecule is COC(=O)N1CCN(C(=O)C2CC(=O)N(C(C)c3ccccc3)C2)CC1. The molecule has 3 amide bonds. The molecular formula is C19H25N3O4. The topological polar surface area (TPSA) is 70.2 Å². The van der Waals surface area contributed by atoms with Crippen LogP contribution in [0.15, 0.2) is 30.3 Å². The van der Waals surface area contributed by atoms with Crippen molar-refractivity contribution in [2.24, 2.45) is 5.92 Å². The number of rotatable bonds is 3. The van der Waals surface area contributed by atoms with E-state index in [9.17, 15) is 14.4 Å². The average Bonchev–Trinajstić information content (AvgIpc) is 3.08. The molecule has 2 atom stereocenters. The van der Waals surface area contributed by atoms with Gasteiger partial charge in [-0.15, -0.1) is 0 Å². The molecule has 1 aromatic carbocycles. The van der Waals surface area contributed by atoms with Gasteiger partial charge in [-0.25, -0.2) is 4.79 Å². The molecule has 2 fully saturated rings. The molecule has 0 bridgehead atoms. The Hall–Kier alpha value is -2.57. The number of hydrogen-bond donors (Lipinski definition) is 0. The fraction of sp³-hybridized carbons (Fsp3) is 0.526. The maximum Gasteiger partial charge on any atom is 0.409 e. The number of benzene rings is 1. The Balaban J connectivity index is 1.58. The Morgan fingerprint density at radius 3 is 2.31 bits per heavy atom. The minimum atomic E-state index is -0.365. The molecule has 2 saturated heterocycles. The minimum absolute atomic E-state index is 0.00521. The van der Waals surface area contributed by atoms with Gasteiger partial charge in [0.15, 0.2) is 0 Å². The molecule has 0 aliphatic carbocycles. The zero-order valence-electron chi connectivity index (χ0n) is 15.3. The average molecular weight is 359 g/mol. The van der Waals surface area contributed by atoms with Crippen molar-refractivity contribution >= 4 is 17.9 Å². The van der Waals surface area contributed by atoms with Crippen LogP contribution >= 0.6 is 0 Å². The third kappa shape index (κ3) is 3.66. The monoisotopic (exact) mass is 359 g/mol. The fourth-order valence-electron chi connectivity index (χ4n) is 3.68. The summed E-state index contributed by atoms with van der Waals surface area (Å²) in [5.41, 5.74) is 1.07. The molecule has 0 spiro atoms. The molecular weight excluding hydrogens is 334 g/mol. The highest BCUT2D eigenvalue weighted by Gasteiger charge is 2.39. The molecule has 7 heteroatoms. The molecule has 2 aliphatic heterocycles. The van der Waals surface area contributed by atoms with Gasteiger partial charge in [-0.3, -0.25) is 9.59 Å². The van der Waals surface area contributed by atoms with E-state index >= 15 is 0 Å². The van der Waals surface area contributed by atoms with Crippen LogP contribution in [0.3, 0.4) is 0 Å². The van der Waals surface area contributed by atoms with Gasteiger partial charge in [0.2, 0.25) is 11.8 Å². The smallest absolute Gasteiger partial charge is 0.409 e. The number of methoxy groups -OCH3 is 1. The van der Waals surface area contributed by atoms with Crippen molar-refractivity contribution in [2.45, 2.75) is 19.4 Å². The summed E-state index contributed by atoms with van der Waals surface area (Å²) < 4.78 is 4.71. The van der Waals surface area contributed by atoms with E-state index in [0.717, 1.165) is 5.56 Å². The van der Waals surface area contributed by atoms with Crippen molar-refractivity contribution < 1.29 is 19.1 Å². The van der Waals surface area contributed by atoms with Gasteiger partial charge in [0.25, 0.3) is 0 Å². The molecule has 0 aromatic heterocycles. The van der Waals surface area contributed by atoms with Crippen molar-refractivity contribution in [1.82, 2.24) is 14.7 Å². The van der Waals surface area contributed by atoms with E-state index < -0.39 is 0 Å². The standard InChI is InChI=1S/C19H25N3O4/c1-14(15-6-4-3-5-7-15)22-13-16(12-17(22)23)18(24)20-8-10-21(11-9-20)19(25)26-2/h3-7,14,16H,8-13H2,1-2H3. The van der Waals surface area contributed by atoms with E-state index in [2.05, 4.69) is 0 Å². The Bertz CT molecular complexity index is 671. The summed E-state index contributed by atoms with van der Waals surface area (Å²) >= 11 is 0. The minimum Gasteiger partial charge on any atom is -0.453 e. The van der Waals surface area contributed by atoms with Crippen molar-refractivity contribution in [1.29, 1.82) is 0 Å². The second-order valence-electron chi connectivity index (χ2n) is 6.82. The van der Waals surface area contributed by atoms with Crippen LogP contribution in [0.1, 0.15) is 24.9 Å². The van der Waals surface area contributed by atoms with E-state index in [-0.39, 0.29) is 36.3 Å². The molecule has 140 valence electrons. The van der Waals surface area contributed by atoms with Crippen LogP contribution in [0.2, 0.25) is 0 Å². The number of amides is 3. The summed E-state index contributed by atoms with van der Waals surface area (Å²) in [5, 5.41) is 0. The molecule has 26 heavy (non-hydrogen) atoms. The first-order chi connectivity index (χ1) is 12.5. The van der Waals surface area contributed by atoms with Crippen LogP contribution in [0.5, 0.6) is 0 Å². The number of ether oxygens (including phenoxy) is 1. The summed E-state index contributed by atoms with van der Waals surface area (Å²) in [5.74, 6) is -0.281. The lowest BCUT2D eigenvalue weighted by Gasteiger charge is -2.35. The van der Waals surface area contributed by atoms with Gasteiger partial charge < -0.3 is 19.4 Å². The lowest BCUT2D eigenvalue weighted by molar-refractivity contribution is -0.137. The number of piperazine rings is 1.